The van der Waals surface area contributed by atoms with Gasteiger partial charge in [0.15, 0.2) is 11.5 Å². The van der Waals surface area contributed by atoms with Crippen LogP contribution >= 0.6 is 0 Å². The molecule has 0 bridgehead atoms. The lowest BCUT2D eigenvalue weighted by atomic mass is 10.2. The van der Waals surface area contributed by atoms with Gasteiger partial charge in [-0.25, -0.2) is 4.79 Å². The molecule has 0 aliphatic rings. The van der Waals surface area contributed by atoms with E-state index in [9.17, 15) is 4.79 Å². The van der Waals surface area contributed by atoms with Gasteiger partial charge in [0.2, 0.25) is 0 Å². The fourth-order valence-corrected chi connectivity index (χ4v) is 1.82. The number of para-hydroxylation sites is 2. The molecule has 0 atom stereocenters. The van der Waals surface area contributed by atoms with E-state index >= 15 is 0 Å². The lowest BCUT2D eigenvalue weighted by molar-refractivity contribution is 0.0549. The Morgan fingerprint density at radius 3 is 2.35 bits per heavy atom. The highest BCUT2D eigenvalue weighted by molar-refractivity contribution is 5.89. The molecule has 0 fully saturated rings. The summed E-state index contributed by atoms with van der Waals surface area (Å²) in [5, 5.41) is 0. The fourth-order valence-electron chi connectivity index (χ4n) is 1.82. The third kappa shape index (κ3) is 5.38. The predicted octanol–water partition coefficient (Wildman–Crippen LogP) is 3.64. The Labute approximate surface area is 135 Å². The van der Waals surface area contributed by atoms with Gasteiger partial charge in [-0.05, 0) is 36.4 Å². The molecule has 0 spiro atoms. The van der Waals surface area contributed by atoms with E-state index in [2.05, 4.69) is 5.73 Å². The maximum absolute atomic E-state index is 11.7. The SMILES string of the molecule is COc1ccccc1OCC=C=CCOC(=O)c1ccccc1. The number of hydrogen-bond donors (Lipinski definition) is 0. The van der Waals surface area contributed by atoms with E-state index in [-0.39, 0.29) is 12.6 Å². The summed E-state index contributed by atoms with van der Waals surface area (Å²) in [6.07, 6.45) is 3.34. The lowest BCUT2D eigenvalue weighted by Crippen LogP contribution is -2.04. The zero-order valence-corrected chi connectivity index (χ0v) is 12.9. The zero-order valence-electron chi connectivity index (χ0n) is 12.9. The molecule has 0 amide bonds. The molecule has 118 valence electrons. The average molecular weight is 310 g/mol. The second kappa shape index (κ2) is 9.13. The number of benzene rings is 2. The van der Waals surface area contributed by atoms with Gasteiger partial charge in [-0.15, -0.1) is 5.73 Å². The smallest absolute Gasteiger partial charge is 0.338 e. The number of carbonyl (C=O) groups is 1. The minimum atomic E-state index is -0.353. The molecule has 2 aromatic rings. The maximum Gasteiger partial charge on any atom is 0.338 e. The van der Waals surface area contributed by atoms with E-state index in [0.29, 0.717) is 23.7 Å². The first kappa shape index (κ1) is 16.4. The van der Waals surface area contributed by atoms with Gasteiger partial charge < -0.3 is 14.2 Å². The summed E-state index contributed by atoms with van der Waals surface area (Å²) in [4.78, 5) is 11.7. The van der Waals surface area contributed by atoms with Gasteiger partial charge in [-0.2, -0.15) is 0 Å². The minimum absolute atomic E-state index is 0.166. The Morgan fingerprint density at radius 1 is 0.957 bits per heavy atom. The molecular weight excluding hydrogens is 292 g/mol. The van der Waals surface area contributed by atoms with Crippen LogP contribution < -0.4 is 9.47 Å². The number of esters is 1. The van der Waals surface area contributed by atoms with Crippen molar-refractivity contribution in [3.63, 3.8) is 0 Å². The Morgan fingerprint density at radius 2 is 1.61 bits per heavy atom. The lowest BCUT2D eigenvalue weighted by Gasteiger charge is -2.07. The standard InChI is InChI=1S/C19H18O4/c1-21-17-12-6-7-13-18(17)22-14-8-3-9-15-23-19(20)16-10-4-2-5-11-16/h2,4-13H,14-15H2,1H3. The van der Waals surface area contributed by atoms with Crippen LogP contribution in [0.5, 0.6) is 11.5 Å². The maximum atomic E-state index is 11.7. The second-order valence-corrected chi connectivity index (χ2v) is 4.50. The topological polar surface area (TPSA) is 44.8 Å². The molecule has 0 aromatic heterocycles. The Balaban J connectivity index is 1.73. The highest BCUT2D eigenvalue weighted by Gasteiger charge is 2.03. The van der Waals surface area contributed by atoms with Crippen molar-refractivity contribution in [3.8, 4) is 11.5 Å². The van der Waals surface area contributed by atoms with E-state index in [1.54, 1.807) is 43.5 Å². The number of carbonyl (C=O) groups excluding carboxylic acids is 1. The Hall–Kier alpha value is -2.97. The Bertz CT molecular complexity index is 686. The monoisotopic (exact) mass is 310 g/mol. The first-order valence-electron chi connectivity index (χ1n) is 7.18. The molecular formula is C19H18O4. The van der Waals surface area contributed by atoms with Gasteiger partial charge in [0, 0.05) is 0 Å². The summed E-state index contributed by atoms with van der Waals surface area (Å²) in [6, 6.07) is 16.3. The van der Waals surface area contributed by atoms with E-state index in [1.807, 2.05) is 30.3 Å². The van der Waals surface area contributed by atoms with Gasteiger partial charge in [-0.1, -0.05) is 30.3 Å². The molecule has 2 aromatic carbocycles. The van der Waals surface area contributed by atoms with Gasteiger partial charge in [-0.3, -0.25) is 0 Å². The van der Waals surface area contributed by atoms with Crippen LogP contribution in [0.15, 0.2) is 72.5 Å². The number of rotatable bonds is 7. The summed E-state index contributed by atoms with van der Waals surface area (Å²) in [7, 11) is 1.60. The predicted molar refractivity (Wildman–Crippen MR) is 87.9 cm³/mol. The fraction of sp³-hybridized carbons (Fsp3) is 0.158. The molecule has 0 heterocycles. The van der Waals surface area contributed by atoms with Crippen LogP contribution in [0.2, 0.25) is 0 Å². The molecule has 0 aliphatic carbocycles. The van der Waals surface area contributed by atoms with E-state index < -0.39 is 0 Å². The first-order chi connectivity index (χ1) is 11.3. The zero-order chi connectivity index (χ0) is 16.3. The van der Waals surface area contributed by atoms with Crippen LogP contribution in [0.25, 0.3) is 0 Å². The van der Waals surface area contributed by atoms with Crippen molar-refractivity contribution in [3.05, 3.63) is 78.0 Å². The van der Waals surface area contributed by atoms with E-state index in [4.69, 9.17) is 14.2 Å². The summed E-state index contributed by atoms with van der Waals surface area (Å²) < 4.78 is 15.8. The summed E-state index contributed by atoms with van der Waals surface area (Å²) >= 11 is 0. The number of ether oxygens (including phenoxy) is 3. The van der Waals surface area contributed by atoms with Crippen molar-refractivity contribution >= 4 is 5.97 Å². The minimum Gasteiger partial charge on any atom is -0.493 e. The second-order valence-electron chi connectivity index (χ2n) is 4.50. The van der Waals surface area contributed by atoms with Gasteiger partial charge >= 0.3 is 5.97 Å². The van der Waals surface area contributed by atoms with Crippen molar-refractivity contribution in [2.45, 2.75) is 0 Å². The highest BCUT2D eigenvalue weighted by Crippen LogP contribution is 2.25. The molecule has 23 heavy (non-hydrogen) atoms. The Kier molecular flexibility index (Phi) is 6.51. The van der Waals surface area contributed by atoms with Gasteiger partial charge in [0.1, 0.15) is 13.2 Å². The van der Waals surface area contributed by atoms with Crippen LogP contribution in [0, 0.1) is 0 Å². The van der Waals surface area contributed by atoms with Gasteiger partial charge in [0.05, 0.1) is 12.7 Å². The van der Waals surface area contributed by atoms with Crippen LogP contribution in [0.3, 0.4) is 0 Å². The molecule has 4 nitrogen and oxygen atoms in total. The largest absolute Gasteiger partial charge is 0.493 e. The molecule has 0 N–H and O–H groups in total. The van der Waals surface area contributed by atoms with Crippen molar-refractivity contribution < 1.29 is 19.0 Å². The molecule has 0 aliphatic heterocycles. The molecule has 2 rings (SSSR count). The van der Waals surface area contributed by atoms with Crippen LogP contribution in [-0.2, 0) is 4.74 Å². The van der Waals surface area contributed by atoms with Crippen molar-refractivity contribution in [2.75, 3.05) is 20.3 Å². The third-order valence-electron chi connectivity index (χ3n) is 2.93. The summed E-state index contributed by atoms with van der Waals surface area (Å²) in [5.41, 5.74) is 3.44. The van der Waals surface area contributed by atoms with Crippen molar-refractivity contribution in [2.24, 2.45) is 0 Å². The van der Waals surface area contributed by atoms with Crippen molar-refractivity contribution in [1.29, 1.82) is 0 Å². The van der Waals surface area contributed by atoms with E-state index in [0.717, 1.165) is 0 Å². The van der Waals surface area contributed by atoms with Crippen LogP contribution in [0.1, 0.15) is 10.4 Å². The molecule has 4 heteroatoms. The van der Waals surface area contributed by atoms with E-state index in [1.165, 1.54) is 0 Å². The first-order valence-corrected chi connectivity index (χ1v) is 7.18. The molecule has 0 saturated heterocycles. The summed E-state index contributed by atoms with van der Waals surface area (Å²) in [5.74, 6) is 0.999. The number of methoxy groups -OCH3 is 1. The normalized spacial score (nSPS) is 9.43. The average Bonchev–Trinajstić information content (AvgIpc) is 2.61. The number of hydrogen-bond acceptors (Lipinski definition) is 4. The summed E-state index contributed by atoms with van der Waals surface area (Å²) in [6.45, 7) is 0.516. The van der Waals surface area contributed by atoms with Gasteiger partial charge in [0.25, 0.3) is 0 Å². The van der Waals surface area contributed by atoms with Crippen LogP contribution in [0.4, 0.5) is 0 Å². The van der Waals surface area contributed by atoms with Crippen molar-refractivity contribution in [1.82, 2.24) is 0 Å². The van der Waals surface area contributed by atoms with Crippen LogP contribution in [-0.4, -0.2) is 26.3 Å². The third-order valence-corrected chi connectivity index (χ3v) is 2.93. The quantitative estimate of drug-likeness (QED) is 0.578. The molecule has 0 saturated carbocycles. The molecule has 0 radical (unpaired) electrons. The molecule has 0 unspecified atom stereocenters. The highest BCUT2D eigenvalue weighted by atomic mass is 16.5.